The maximum Gasteiger partial charge on any atom is 0.279 e. The van der Waals surface area contributed by atoms with Crippen LogP contribution in [0.15, 0.2) is 47.3 Å². The van der Waals surface area contributed by atoms with Crippen molar-refractivity contribution in [3.8, 4) is 0 Å². The Morgan fingerprint density at radius 1 is 1.14 bits per heavy atom. The number of amides is 1. The maximum absolute atomic E-state index is 12.7. The van der Waals surface area contributed by atoms with Gasteiger partial charge >= 0.3 is 0 Å². The summed E-state index contributed by atoms with van der Waals surface area (Å²) in [6.45, 7) is 7.83. The number of hydrogen-bond donors (Lipinski definition) is 3. The SMILES string of the molecule is CCCC[NH+](CC(=O)Nc1cc(C)cc(C)c1)Cc1nc2ccccc2c(=O)[nH]1. The van der Waals surface area contributed by atoms with Gasteiger partial charge in [-0.2, -0.15) is 0 Å². The summed E-state index contributed by atoms with van der Waals surface area (Å²) in [5.74, 6) is 0.572. The minimum Gasteiger partial charge on any atom is -0.321 e. The first-order chi connectivity index (χ1) is 13.9. The molecule has 0 radical (unpaired) electrons. The number of nitrogens with zero attached hydrogens (tertiary/aromatic N) is 1. The number of unbranched alkanes of at least 4 members (excludes halogenated alkanes) is 1. The van der Waals surface area contributed by atoms with Crippen LogP contribution >= 0.6 is 0 Å². The Morgan fingerprint density at radius 2 is 1.86 bits per heavy atom. The molecule has 152 valence electrons. The van der Waals surface area contributed by atoms with Crippen molar-refractivity contribution in [3.63, 3.8) is 0 Å². The van der Waals surface area contributed by atoms with Gasteiger partial charge in [0.2, 0.25) is 0 Å². The van der Waals surface area contributed by atoms with Crippen LogP contribution in [0.5, 0.6) is 0 Å². The van der Waals surface area contributed by atoms with Crippen molar-refractivity contribution < 1.29 is 9.69 Å². The second-order valence-corrected chi connectivity index (χ2v) is 7.66. The molecule has 3 aromatic rings. The predicted molar refractivity (Wildman–Crippen MR) is 116 cm³/mol. The molecule has 0 saturated heterocycles. The molecule has 3 rings (SSSR count). The van der Waals surface area contributed by atoms with Crippen molar-refractivity contribution in [2.45, 2.75) is 40.2 Å². The van der Waals surface area contributed by atoms with E-state index >= 15 is 0 Å². The number of aromatic nitrogens is 2. The summed E-state index contributed by atoms with van der Waals surface area (Å²) in [6, 6.07) is 13.3. The number of nitrogens with one attached hydrogen (secondary N) is 3. The monoisotopic (exact) mass is 393 g/mol. The molecule has 1 amide bonds. The van der Waals surface area contributed by atoms with Crippen LogP contribution in [0.25, 0.3) is 10.9 Å². The van der Waals surface area contributed by atoms with Gasteiger partial charge in [-0.3, -0.25) is 9.59 Å². The Kier molecular flexibility index (Phi) is 6.77. The van der Waals surface area contributed by atoms with E-state index in [-0.39, 0.29) is 11.5 Å². The molecule has 2 aromatic carbocycles. The fourth-order valence-corrected chi connectivity index (χ4v) is 3.60. The zero-order valence-corrected chi connectivity index (χ0v) is 17.3. The van der Waals surface area contributed by atoms with Gasteiger partial charge in [0.05, 0.1) is 17.4 Å². The number of hydrogen-bond acceptors (Lipinski definition) is 3. The lowest BCUT2D eigenvalue weighted by Crippen LogP contribution is -3.12. The minimum absolute atomic E-state index is 0.0377. The van der Waals surface area contributed by atoms with E-state index in [0.717, 1.165) is 41.1 Å². The number of carbonyl (C=O) groups is 1. The molecular weight excluding hydrogens is 364 g/mol. The number of anilines is 1. The molecule has 0 aliphatic heterocycles. The Labute approximate surface area is 171 Å². The first kappa shape index (κ1) is 20.7. The Balaban J connectivity index is 1.73. The van der Waals surface area contributed by atoms with Crippen molar-refractivity contribution in [3.05, 3.63) is 69.8 Å². The second kappa shape index (κ2) is 9.47. The third-order valence-electron chi connectivity index (χ3n) is 4.88. The normalized spacial score (nSPS) is 12.1. The van der Waals surface area contributed by atoms with Crippen LogP contribution in [0.2, 0.25) is 0 Å². The van der Waals surface area contributed by atoms with E-state index in [1.165, 1.54) is 0 Å². The number of rotatable bonds is 8. The largest absolute Gasteiger partial charge is 0.321 e. The maximum atomic E-state index is 12.7. The second-order valence-electron chi connectivity index (χ2n) is 7.66. The molecule has 6 heteroatoms. The first-order valence-electron chi connectivity index (χ1n) is 10.1. The van der Waals surface area contributed by atoms with E-state index in [1.807, 2.05) is 44.2 Å². The third-order valence-corrected chi connectivity index (χ3v) is 4.88. The number of H-pyrrole nitrogens is 1. The fraction of sp³-hybridized carbons (Fsp3) is 0.348. The molecule has 3 N–H and O–H groups in total. The van der Waals surface area contributed by atoms with E-state index in [2.05, 4.69) is 28.3 Å². The number of aromatic amines is 1. The van der Waals surface area contributed by atoms with Gasteiger partial charge in [-0.25, -0.2) is 4.98 Å². The van der Waals surface area contributed by atoms with E-state index in [1.54, 1.807) is 6.07 Å². The first-order valence-corrected chi connectivity index (χ1v) is 10.1. The molecule has 1 atom stereocenters. The van der Waals surface area contributed by atoms with Crippen molar-refractivity contribution in [1.29, 1.82) is 0 Å². The molecule has 0 bridgehead atoms. The molecule has 0 aliphatic rings. The molecule has 1 unspecified atom stereocenters. The highest BCUT2D eigenvalue weighted by molar-refractivity contribution is 5.91. The number of aryl methyl sites for hydroxylation is 2. The van der Waals surface area contributed by atoms with E-state index in [9.17, 15) is 9.59 Å². The zero-order chi connectivity index (χ0) is 20.8. The average molecular weight is 394 g/mol. The molecule has 1 heterocycles. The van der Waals surface area contributed by atoms with Gasteiger partial charge in [-0.15, -0.1) is 0 Å². The third kappa shape index (κ3) is 5.74. The van der Waals surface area contributed by atoms with Crippen LogP contribution < -0.4 is 15.8 Å². The van der Waals surface area contributed by atoms with E-state index in [0.29, 0.717) is 29.8 Å². The number of benzene rings is 2. The van der Waals surface area contributed by atoms with Gasteiger partial charge in [0.1, 0.15) is 6.54 Å². The summed E-state index contributed by atoms with van der Waals surface area (Å²) < 4.78 is 0. The highest BCUT2D eigenvalue weighted by Gasteiger charge is 2.17. The van der Waals surface area contributed by atoms with Crippen LogP contribution in [0, 0.1) is 13.8 Å². The van der Waals surface area contributed by atoms with Crippen LogP contribution in [-0.2, 0) is 11.3 Å². The molecular formula is C23H29N4O2+. The van der Waals surface area contributed by atoms with Crippen molar-refractivity contribution in [2.24, 2.45) is 0 Å². The molecule has 1 aromatic heterocycles. The Bertz CT molecular complexity index is 1040. The highest BCUT2D eigenvalue weighted by atomic mass is 16.2. The summed E-state index contributed by atoms with van der Waals surface area (Å²) in [5, 5.41) is 3.59. The van der Waals surface area contributed by atoms with Crippen LogP contribution in [0.1, 0.15) is 36.7 Å². The summed E-state index contributed by atoms with van der Waals surface area (Å²) in [4.78, 5) is 33.5. The summed E-state index contributed by atoms with van der Waals surface area (Å²) >= 11 is 0. The summed E-state index contributed by atoms with van der Waals surface area (Å²) in [5.41, 5.74) is 3.60. The van der Waals surface area contributed by atoms with Crippen molar-refractivity contribution in [2.75, 3.05) is 18.4 Å². The number of quaternary nitrogens is 1. The van der Waals surface area contributed by atoms with Gasteiger partial charge in [0, 0.05) is 5.69 Å². The molecule has 0 spiro atoms. The summed E-state index contributed by atoms with van der Waals surface area (Å²) in [6.07, 6.45) is 2.05. The van der Waals surface area contributed by atoms with Crippen LogP contribution in [0.4, 0.5) is 5.69 Å². The van der Waals surface area contributed by atoms with Crippen molar-refractivity contribution >= 4 is 22.5 Å². The minimum atomic E-state index is -0.139. The van der Waals surface area contributed by atoms with Gasteiger partial charge in [-0.05, 0) is 55.7 Å². The predicted octanol–water partition coefficient (Wildman–Crippen LogP) is 2.36. The Morgan fingerprint density at radius 3 is 2.59 bits per heavy atom. The number of para-hydroxylation sites is 1. The molecule has 29 heavy (non-hydrogen) atoms. The molecule has 6 nitrogen and oxygen atoms in total. The number of fused-ring (bicyclic) bond motifs is 1. The molecule has 0 fully saturated rings. The van der Waals surface area contributed by atoms with Gasteiger partial charge < -0.3 is 15.2 Å². The Hall–Kier alpha value is -2.99. The average Bonchev–Trinajstić information content (AvgIpc) is 2.65. The lowest BCUT2D eigenvalue weighted by molar-refractivity contribution is -0.906. The quantitative estimate of drug-likeness (QED) is 0.550. The number of carbonyl (C=O) groups excluding carboxylic acids is 1. The smallest absolute Gasteiger partial charge is 0.279 e. The fourth-order valence-electron chi connectivity index (χ4n) is 3.60. The van der Waals surface area contributed by atoms with Gasteiger partial charge in [0.15, 0.2) is 12.4 Å². The van der Waals surface area contributed by atoms with Crippen LogP contribution in [-0.4, -0.2) is 29.0 Å². The summed E-state index contributed by atoms with van der Waals surface area (Å²) in [7, 11) is 0. The molecule has 0 saturated carbocycles. The van der Waals surface area contributed by atoms with E-state index < -0.39 is 0 Å². The lowest BCUT2D eigenvalue weighted by Gasteiger charge is -2.19. The highest BCUT2D eigenvalue weighted by Crippen LogP contribution is 2.13. The zero-order valence-electron chi connectivity index (χ0n) is 17.3. The van der Waals surface area contributed by atoms with Gasteiger partial charge in [0.25, 0.3) is 11.5 Å². The topological polar surface area (TPSA) is 79.3 Å². The van der Waals surface area contributed by atoms with Crippen LogP contribution in [0.3, 0.4) is 0 Å². The van der Waals surface area contributed by atoms with Crippen molar-refractivity contribution in [1.82, 2.24) is 9.97 Å². The van der Waals surface area contributed by atoms with Gasteiger partial charge in [-0.1, -0.05) is 31.5 Å². The standard InChI is InChI=1S/C23H28N4O2/c1-4-5-10-27(15-22(28)24-18-12-16(2)11-17(3)13-18)14-21-25-20-9-7-6-8-19(20)23(29)26-21/h6-9,11-13H,4-5,10,14-15H2,1-3H3,(H,24,28)(H,25,26,29)/p+1. The molecule has 0 aliphatic carbocycles. The van der Waals surface area contributed by atoms with E-state index in [4.69, 9.17) is 0 Å². The lowest BCUT2D eigenvalue weighted by atomic mass is 10.1.